The van der Waals surface area contributed by atoms with Crippen LogP contribution in [0.3, 0.4) is 0 Å². The Kier molecular flexibility index (Phi) is 39.8. The van der Waals surface area contributed by atoms with Crippen LogP contribution in [0.2, 0.25) is 0 Å². The van der Waals surface area contributed by atoms with E-state index in [1.54, 1.807) is 12.1 Å². The van der Waals surface area contributed by atoms with E-state index in [9.17, 15) is 125 Å². The number of carbonyl (C=O) groups excluding carboxylic acids is 9. The first-order valence-corrected chi connectivity index (χ1v) is 34.3. The van der Waals surface area contributed by atoms with Gasteiger partial charge in [0, 0.05) is 52.0 Å². The third kappa shape index (κ3) is 29.3. The van der Waals surface area contributed by atoms with Gasteiger partial charge >= 0.3 is 0 Å². The summed E-state index contributed by atoms with van der Waals surface area (Å²) < 4.78 is 43.0. The van der Waals surface area contributed by atoms with Crippen molar-refractivity contribution in [1.82, 2.24) is 47.4 Å². The molecule has 0 radical (unpaired) electrons. The molecule has 105 heavy (non-hydrogen) atoms. The lowest BCUT2D eigenvalue weighted by atomic mass is 9.99. The van der Waals surface area contributed by atoms with Crippen LogP contribution in [0.25, 0.3) is 0 Å². The molecule has 5 rings (SSSR count). The van der Waals surface area contributed by atoms with E-state index in [2.05, 4.69) is 42.5 Å². The fourth-order valence-electron chi connectivity index (χ4n) is 11.2. The first kappa shape index (κ1) is 89.3. The molecule has 8 amide bonds. The van der Waals surface area contributed by atoms with Crippen molar-refractivity contribution in [2.24, 2.45) is 0 Å². The van der Waals surface area contributed by atoms with Gasteiger partial charge in [-0.05, 0) is 37.7 Å². The number of unbranched alkanes of at least 4 members (excludes halogenated alkanes) is 2. The molecule has 4 heterocycles. The van der Waals surface area contributed by atoms with Gasteiger partial charge in [-0.15, -0.1) is 0 Å². The number of benzene rings is 1. The molecular weight excluding hydrogens is 1410 g/mol. The number of hydrogen-bond acceptors (Lipinski definition) is 34. The van der Waals surface area contributed by atoms with Crippen LogP contribution in [-0.4, -0.2) is 386 Å². The van der Waals surface area contributed by atoms with Crippen molar-refractivity contribution in [2.45, 2.75) is 199 Å². The molecule has 23 atom stereocenters. The van der Waals surface area contributed by atoms with E-state index in [0.29, 0.717) is 25.5 Å². The number of amides is 8. The summed E-state index contributed by atoms with van der Waals surface area (Å²) in [6.45, 7) is -8.55. The summed E-state index contributed by atoms with van der Waals surface area (Å²) in [4.78, 5) is 122. The number of nitrogens with zero attached hydrogens (tertiary/aromatic N) is 1. The third-order valence-electron chi connectivity index (χ3n) is 17.1. The molecule has 0 saturated carbocycles. The van der Waals surface area contributed by atoms with Gasteiger partial charge in [-0.2, -0.15) is 0 Å². The van der Waals surface area contributed by atoms with E-state index < -0.39 is 280 Å². The molecule has 0 aliphatic carbocycles. The molecule has 1 aromatic rings. The van der Waals surface area contributed by atoms with Crippen molar-refractivity contribution in [3.8, 4) is 0 Å². The minimum Gasteiger partial charge on any atom is -0.394 e. The van der Waals surface area contributed by atoms with Crippen LogP contribution in [0, 0.1) is 0 Å². The molecule has 4 fully saturated rings. The number of nitrogens with one attached hydrogen (secondary N) is 8. The fourth-order valence-corrected chi connectivity index (χ4v) is 11.2. The van der Waals surface area contributed by atoms with Crippen molar-refractivity contribution in [1.29, 1.82) is 0 Å². The van der Waals surface area contributed by atoms with E-state index in [4.69, 9.17) is 37.9 Å². The molecular formula is C63H103N9O33. The summed E-state index contributed by atoms with van der Waals surface area (Å²) in [7, 11) is 0. The van der Waals surface area contributed by atoms with E-state index >= 15 is 0 Å². The highest BCUT2D eigenvalue weighted by molar-refractivity contribution is 5.91. The van der Waals surface area contributed by atoms with Gasteiger partial charge in [0.2, 0.25) is 47.3 Å². The predicted octanol–water partition coefficient (Wildman–Crippen LogP) is -13.8. The molecule has 24 N–H and O–H groups in total. The first-order chi connectivity index (χ1) is 50.1. The average Bonchev–Trinajstić information content (AvgIpc) is 0.843. The van der Waals surface area contributed by atoms with Gasteiger partial charge in [-0.3, -0.25) is 43.3 Å². The fraction of sp³-hybridized carbons (Fsp3) is 0.762. The van der Waals surface area contributed by atoms with Crippen LogP contribution >= 0.6 is 0 Å². The Morgan fingerprint density at radius 3 is 1.09 bits per heavy atom. The summed E-state index contributed by atoms with van der Waals surface area (Å²) in [6, 6.07) is 5.00. The summed E-state index contributed by atoms with van der Waals surface area (Å²) in [6.07, 6.45) is -32.6. The van der Waals surface area contributed by atoms with Crippen LogP contribution in [0.1, 0.15) is 56.9 Å². The number of rotatable bonds is 46. The third-order valence-corrected chi connectivity index (χ3v) is 17.1. The van der Waals surface area contributed by atoms with Crippen LogP contribution < -0.4 is 42.5 Å². The van der Waals surface area contributed by atoms with E-state index in [-0.39, 0.29) is 51.6 Å². The minimum absolute atomic E-state index is 0.00617. The molecule has 42 heteroatoms. The Balaban J connectivity index is 1.30. The Labute approximate surface area is 601 Å². The topological polar surface area (TPSA) is 651 Å². The molecule has 4 saturated heterocycles. The Hall–Kier alpha value is -6.35. The Morgan fingerprint density at radius 2 is 0.733 bits per heavy atom. The lowest BCUT2D eigenvalue weighted by Gasteiger charge is -2.39. The monoisotopic (exact) mass is 1510 g/mol. The summed E-state index contributed by atoms with van der Waals surface area (Å²) in [5, 5.41) is 181. The van der Waals surface area contributed by atoms with Crippen molar-refractivity contribution in [2.75, 3.05) is 105 Å². The van der Waals surface area contributed by atoms with Crippen molar-refractivity contribution >= 4 is 53.5 Å². The maximum atomic E-state index is 14.2. The smallest absolute Gasteiger partial charge is 0.242 e. The van der Waals surface area contributed by atoms with Crippen LogP contribution in [0.15, 0.2) is 30.3 Å². The second-order valence-corrected chi connectivity index (χ2v) is 25.2. The van der Waals surface area contributed by atoms with E-state index in [0.717, 1.165) is 10.5 Å². The lowest BCUT2D eigenvalue weighted by Crippen LogP contribution is -2.59. The largest absolute Gasteiger partial charge is 0.394 e. The highest BCUT2D eigenvalue weighted by atomic mass is 16.7. The molecule has 42 nitrogen and oxygen atoms in total. The molecule has 1 aromatic carbocycles. The standard InChI is InChI=1S/C63H103N9O33/c73-27-33(23-32-7-3-1-4-8-32)69-42(80)9-5-2-6-14-64-43(81)24-72(25-44(82)70-34(58(96)67-17-21-100-62-56(94)52(90)48(86)38(30-76)104-62)10-12-40(78)65-15-19-98-60-54(92)50(88)46(84)36(28-74)102-60)26-45(83)71-35(59(97)68-18-22-101-63-57(95)53(91)49(87)39(31-77)105-63)11-13-41(79)66-16-20-99-61-55(93)51(89)47(85)37(29-75)103-61/h1,3-4,7-8,27,33-39,46-57,60-63,74-77,84-95H,2,5-6,9-26,28-31H2,(H,64,81)(H,65,78)(H,66,79)(H,67,96)(H,68,97)(H,69,80)(H,70,82)(H,71,83)/t33-,34-,35-,36+,37+,38+,39+,46+,47+,48+,49+,50-,51-,52-,53-,54+,55+,56+,57+,60+,61+,62+,63+/m0/s1. The number of aliphatic hydroxyl groups excluding tert-OH is 16. The van der Waals surface area contributed by atoms with Crippen LogP contribution in [0.4, 0.5) is 0 Å². The zero-order valence-electron chi connectivity index (χ0n) is 57.5. The Morgan fingerprint density at radius 1 is 0.390 bits per heavy atom. The molecule has 4 aliphatic rings. The molecule has 0 aromatic heterocycles. The molecule has 0 unspecified atom stereocenters. The number of ether oxygens (including phenoxy) is 8. The summed E-state index contributed by atoms with van der Waals surface area (Å²) in [5.74, 6) is -6.68. The number of aldehydes is 1. The predicted molar refractivity (Wildman–Crippen MR) is 349 cm³/mol. The normalized spacial score (nSPS) is 29.8. The number of hydrogen-bond donors (Lipinski definition) is 24. The quantitative estimate of drug-likeness (QED) is 0.0213. The van der Waals surface area contributed by atoms with Crippen molar-refractivity contribution < 1.29 is 163 Å². The molecule has 0 spiro atoms. The molecule has 598 valence electrons. The second kappa shape index (κ2) is 46.8. The van der Waals surface area contributed by atoms with E-state index in [1.807, 2.05) is 18.2 Å². The van der Waals surface area contributed by atoms with Crippen LogP contribution in [-0.2, 0) is 87.5 Å². The highest BCUT2D eigenvalue weighted by Crippen LogP contribution is 2.26. The molecule has 4 aliphatic heterocycles. The van der Waals surface area contributed by atoms with Crippen molar-refractivity contribution in [3.05, 3.63) is 35.9 Å². The van der Waals surface area contributed by atoms with Gasteiger partial charge in [-0.1, -0.05) is 36.8 Å². The lowest BCUT2D eigenvalue weighted by molar-refractivity contribution is -0.300. The zero-order valence-corrected chi connectivity index (χ0v) is 57.5. The van der Waals surface area contributed by atoms with Gasteiger partial charge in [-0.25, -0.2) is 0 Å². The van der Waals surface area contributed by atoms with Crippen LogP contribution in [0.5, 0.6) is 0 Å². The van der Waals surface area contributed by atoms with Gasteiger partial charge < -0.3 is 167 Å². The number of aliphatic hydroxyl groups is 16. The van der Waals surface area contributed by atoms with Gasteiger partial charge in [0.15, 0.2) is 25.2 Å². The van der Waals surface area contributed by atoms with Gasteiger partial charge in [0.05, 0.1) is 78.5 Å². The number of carbonyl (C=O) groups is 9. The van der Waals surface area contributed by atoms with E-state index in [1.165, 1.54) is 0 Å². The Bertz CT molecular complexity index is 2670. The molecule has 0 bridgehead atoms. The highest BCUT2D eigenvalue weighted by Gasteiger charge is 2.48. The summed E-state index contributed by atoms with van der Waals surface area (Å²) >= 11 is 0. The minimum atomic E-state index is -1.81. The summed E-state index contributed by atoms with van der Waals surface area (Å²) in [5.41, 5.74) is 0.833. The average molecular weight is 1510 g/mol. The van der Waals surface area contributed by atoms with Crippen molar-refractivity contribution in [3.63, 3.8) is 0 Å². The first-order valence-electron chi connectivity index (χ1n) is 34.3. The zero-order chi connectivity index (χ0) is 77.3. The van der Waals surface area contributed by atoms with Gasteiger partial charge in [0.1, 0.15) is 116 Å². The maximum Gasteiger partial charge on any atom is 0.242 e. The SMILES string of the molecule is O=C[C@H](Cc1ccccc1)NC(=O)CCCCCNC(=O)CN(CC(=O)N[C@@H](CCC(=O)NCCO[C@@H]1O[C@H](CO)[C@@H](O)[C@H](O)[C@H]1O)C(=O)NCCO[C@@H]1O[C@H](CO)[C@@H](O)[C@H](O)[C@H]1O)CC(=O)N[C@@H](CCC(=O)NCCO[C@@H]1O[C@H](CO)[C@@H](O)[C@H](O)[C@H]1O)C(=O)NCCO[C@@H]1O[C@H](CO)[C@@H](O)[C@H](O)[C@H]1O. The maximum absolute atomic E-state index is 14.2. The second-order valence-electron chi connectivity index (χ2n) is 25.2. The van der Waals surface area contributed by atoms with Gasteiger partial charge in [0.25, 0.3) is 0 Å².